The van der Waals surface area contributed by atoms with E-state index in [0.29, 0.717) is 0 Å². The molecule has 0 saturated heterocycles. The molecule has 0 aliphatic carbocycles. The number of rotatable bonds is 9. The Labute approximate surface area is 107 Å². The van der Waals surface area contributed by atoms with E-state index < -0.39 is 5.97 Å². The smallest absolute Gasteiger partial charge is 0.349 e. The molecule has 18 heavy (non-hydrogen) atoms. The van der Waals surface area contributed by atoms with Gasteiger partial charge in [-0.1, -0.05) is 25.7 Å². The number of hydrogen-bond acceptors (Lipinski definition) is 5. The molecular formula is C13H18N2O3. The fourth-order valence-corrected chi connectivity index (χ4v) is 1.36. The zero-order valence-corrected chi connectivity index (χ0v) is 10.4. The van der Waals surface area contributed by atoms with Crippen molar-refractivity contribution in [2.24, 2.45) is 0 Å². The molecule has 0 rings (SSSR count). The highest BCUT2D eigenvalue weighted by Gasteiger charge is 2.09. The molecule has 5 heteroatoms. The number of nitrogens with zero attached hydrogens (tertiary/aromatic N) is 2. The van der Waals surface area contributed by atoms with Crippen molar-refractivity contribution in [2.75, 3.05) is 13.2 Å². The molecule has 98 valence electrons. The molecular weight excluding hydrogens is 232 g/mol. The van der Waals surface area contributed by atoms with Crippen LogP contribution in [0.5, 0.6) is 0 Å². The molecule has 0 amide bonds. The standard InChI is InChI=1S/C13H18N2O3/c14-8-7-12(11-15)13(17)18-10-6-4-2-1-3-5-9-16/h7,16H,1-6,9-10H2. The molecule has 0 radical (unpaired) electrons. The Morgan fingerprint density at radius 2 is 1.72 bits per heavy atom. The van der Waals surface area contributed by atoms with Crippen LogP contribution in [-0.2, 0) is 9.53 Å². The van der Waals surface area contributed by atoms with Crippen LogP contribution in [0.3, 0.4) is 0 Å². The van der Waals surface area contributed by atoms with Crippen molar-refractivity contribution in [3.8, 4) is 12.1 Å². The summed E-state index contributed by atoms with van der Waals surface area (Å²) in [7, 11) is 0. The zero-order valence-electron chi connectivity index (χ0n) is 10.4. The summed E-state index contributed by atoms with van der Waals surface area (Å²) in [5.41, 5.74) is -0.263. The monoisotopic (exact) mass is 250 g/mol. The van der Waals surface area contributed by atoms with Crippen LogP contribution in [0.1, 0.15) is 38.5 Å². The molecule has 0 spiro atoms. The van der Waals surface area contributed by atoms with Crippen molar-refractivity contribution in [3.63, 3.8) is 0 Å². The first-order valence-corrected chi connectivity index (χ1v) is 6.04. The van der Waals surface area contributed by atoms with E-state index in [2.05, 4.69) is 0 Å². The third kappa shape index (κ3) is 8.32. The lowest BCUT2D eigenvalue weighted by molar-refractivity contribution is -0.138. The lowest BCUT2D eigenvalue weighted by atomic mass is 10.1. The van der Waals surface area contributed by atoms with Crippen LogP contribution in [0.4, 0.5) is 0 Å². The number of esters is 1. The summed E-state index contributed by atoms with van der Waals surface area (Å²) in [6.07, 6.45) is 6.53. The number of allylic oxidation sites excluding steroid dienone is 1. The van der Waals surface area contributed by atoms with Crippen LogP contribution in [0.2, 0.25) is 0 Å². The van der Waals surface area contributed by atoms with E-state index in [0.717, 1.165) is 44.6 Å². The Hall–Kier alpha value is -1.85. The van der Waals surface area contributed by atoms with Crippen molar-refractivity contribution in [3.05, 3.63) is 11.6 Å². The molecule has 0 heterocycles. The summed E-state index contributed by atoms with van der Waals surface area (Å²) in [6, 6.07) is 3.24. The number of ether oxygens (including phenoxy) is 1. The van der Waals surface area contributed by atoms with Crippen LogP contribution in [-0.4, -0.2) is 24.3 Å². The second-order valence-corrected chi connectivity index (χ2v) is 3.78. The maximum Gasteiger partial charge on any atom is 0.349 e. The zero-order chi connectivity index (χ0) is 13.6. The lowest BCUT2D eigenvalue weighted by Crippen LogP contribution is -2.07. The van der Waals surface area contributed by atoms with E-state index in [-0.39, 0.29) is 18.8 Å². The lowest BCUT2D eigenvalue weighted by Gasteiger charge is -2.03. The van der Waals surface area contributed by atoms with Crippen LogP contribution < -0.4 is 0 Å². The van der Waals surface area contributed by atoms with Crippen molar-refractivity contribution >= 4 is 5.97 Å². The minimum Gasteiger partial charge on any atom is -0.462 e. The predicted octanol–water partition coefficient (Wildman–Crippen LogP) is 1.84. The molecule has 1 N–H and O–H groups in total. The number of carbonyl (C=O) groups excluding carboxylic acids is 1. The van der Waals surface area contributed by atoms with Gasteiger partial charge in [-0.2, -0.15) is 10.5 Å². The average molecular weight is 250 g/mol. The molecule has 0 aromatic rings. The van der Waals surface area contributed by atoms with Crippen molar-refractivity contribution in [1.29, 1.82) is 10.5 Å². The summed E-state index contributed by atoms with van der Waals surface area (Å²) in [6.45, 7) is 0.503. The normalized spacial score (nSPS) is 10.5. The molecule has 0 saturated carbocycles. The van der Waals surface area contributed by atoms with Gasteiger partial charge in [-0.3, -0.25) is 0 Å². The van der Waals surface area contributed by atoms with Gasteiger partial charge in [0.15, 0.2) is 0 Å². The van der Waals surface area contributed by atoms with E-state index in [9.17, 15) is 4.79 Å². The van der Waals surface area contributed by atoms with Gasteiger partial charge in [0.05, 0.1) is 12.7 Å². The molecule has 0 unspecified atom stereocenters. The molecule has 5 nitrogen and oxygen atoms in total. The highest BCUT2D eigenvalue weighted by molar-refractivity contribution is 5.93. The van der Waals surface area contributed by atoms with E-state index in [1.807, 2.05) is 0 Å². The van der Waals surface area contributed by atoms with Crippen LogP contribution in [0.15, 0.2) is 11.6 Å². The minimum atomic E-state index is -0.737. The maximum atomic E-state index is 11.2. The van der Waals surface area contributed by atoms with E-state index in [1.54, 1.807) is 12.1 Å². The Balaban J connectivity index is 3.56. The van der Waals surface area contributed by atoms with E-state index >= 15 is 0 Å². The first kappa shape index (κ1) is 16.1. The summed E-state index contributed by atoms with van der Waals surface area (Å²) in [5, 5.41) is 25.5. The van der Waals surface area contributed by atoms with Gasteiger partial charge in [0.1, 0.15) is 11.6 Å². The Morgan fingerprint density at radius 3 is 2.28 bits per heavy atom. The van der Waals surface area contributed by atoms with Gasteiger partial charge in [-0.15, -0.1) is 0 Å². The van der Waals surface area contributed by atoms with E-state index in [1.165, 1.54) is 0 Å². The molecule has 0 bridgehead atoms. The number of hydrogen-bond donors (Lipinski definition) is 1. The highest BCUT2D eigenvalue weighted by Crippen LogP contribution is 2.05. The summed E-state index contributed by atoms with van der Waals surface area (Å²) < 4.78 is 4.85. The number of aliphatic hydroxyl groups is 1. The van der Waals surface area contributed by atoms with Gasteiger partial charge in [0.2, 0.25) is 0 Å². The molecule has 0 aliphatic rings. The van der Waals surface area contributed by atoms with Gasteiger partial charge in [-0.05, 0) is 12.8 Å². The van der Waals surface area contributed by atoms with Crippen LogP contribution in [0, 0.1) is 22.7 Å². The maximum absolute atomic E-state index is 11.2. The van der Waals surface area contributed by atoms with Crippen molar-refractivity contribution in [2.45, 2.75) is 38.5 Å². The fraction of sp³-hybridized carbons (Fsp3) is 0.615. The van der Waals surface area contributed by atoms with Crippen molar-refractivity contribution < 1.29 is 14.6 Å². The predicted molar refractivity (Wildman–Crippen MR) is 65.1 cm³/mol. The van der Waals surface area contributed by atoms with Crippen LogP contribution >= 0.6 is 0 Å². The highest BCUT2D eigenvalue weighted by atomic mass is 16.5. The third-order valence-corrected chi connectivity index (χ3v) is 2.33. The first-order chi connectivity index (χ1) is 8.76. The van der Waals surface area contributed by atoms with Gasteiger partial charge < -0.3 is 9.84 Å². The summed E-state index contributed by atoms with van der Waals surface area (Å²) in [4.78, 5) is 11.2. The average Bonchev–Trinajstić information content (AvgIpc) is 2.38. The van der Waals surface area contributed by atoms with Gasteiger partial charge in [0, 0.05) is 12.7 Å². The molecule has 0 aromatic heterocycles. The van der Waals surface area contributed by atoms with Gasteiger partial charge in [-0.25, -0.2) is 4.79 Å². The number of unbranched alkanes of at least 4 members (excludes halogenated alkanes) is 5. The van der Waals surface area contributed by atoms with Crippen molar-refractivity contribution in [1.82, 2.24) is 0 Å². The van der Waals surface area contributed by atoms with E-state index in [4.69, 9.17) is 20.4 Å². The molecule has 0 atom stereocenters. The third-order valence-electron chi connectivity index (χ3n) is 2.33. The van der Waals surface area contributed by atoms with Crippen LogP contribution in [0.25, 0.3) is 0 Å². The Morgan fingerprint density at radius 1 is 1.11 bits per heavy atom. The number of nitriles is 2. The molecule has 0 aliphatic heterocycles. The second-order valence-electron chi connectivity index (χ2n) is 3.78. The summed E-state index contributed by atoms with van der Waals surface area (Å²) in [5.74, 6) is -0.737. The number of aliphatic hydroxyl groups excluding tert-OH is 1. The molecule has 0 aromatic carbocycles. The summed E-state index contributed by atoms with van der Waals surface area (Å²) >= 11 is 0. The largest absolute Gasteiger partial charge is 0.462 e. The Bertz CT molecular complexity index is 350. The number of carbonyl (C=O) groups is 1. The first-order valence-electron chi connectivity index (χ1n) is 6.04. The quantitative estimate of drug-likeness (QED) is 0.291. The minimum absolute atomic E-state index is 0.236. The molecule has 0 fully saturated rings. The van der Waals surface area contributed by atoms with Gasteiger partial charge in [0.25, 0.3) is 0 Å². The van der Waals surface area contributed by atoms with Gasteiger partial charge >= 0.3 is 5.97 Å². The second kappa shape index (κ2) is 11.6. The topological polar surface area (TPSA) is 94.1 Å². The Kier molecular flexibility index (Phi) is 10.4. The SMILES string of the molecule is N#CC=C(C#N)C(=O)OCCCCCCCCO. The fourth-order valence-electron chi connectivity index (χ4n) is 1.36.